The summed E-state index contributed by atoms with van der Waals surface area (Å²) >= 11 is 1.14. The SMILES string of the molecule is Cc1ccc2nc(-c3ccc4nc(C5C(=O)c6ccc(C(=O)[O-])cc6C5=O)ccc4c3)sc2c1S(=O)(=O)O.[Na+].[Na+]. The average Bonchev–Trinajstić information content (AvgIpc) is 3.41. The van der Waals surface area contributed by atoms with E-state index in [0.717, 1.165) is 17.4 Å². The Balaban J connectivity index is 0.00000185. The first-order valence-corrected chi connectivity index (χ1v) is 13.5. The van der Waals surface area contributed by atoms with Crippen LogP contribution in [0.1, 0.15) is 48.2 Å². The number of Topliss-reactive ketones (excluding diaryl/α,β-unsaturated/α-hetero) is 2. The topological polar surface area (TPSA) is 154 Å². The fraction of sp³-hybridized carbons (Fsp3) is 0.0741. The minimum atomic E-state index is -4.44. The predicted octanol–water partition coefficient (Wildman–Crippen LogP) is -2.40. The molecule has 1 aliphatic carbocycles. The molecule has 0 aliphatic heterocycles. The van der Waals surface area contributed by atoms with Gasteiger partial charge >= 0.3 is 59.1 Å². The number of aryl methyl sites for hydroxylation is 1. The van der Waals surface area contributed by atoms with Crippen molar-refractivity contribution in [2.45, 2.75) is 17.7 Å². The number of ketones is 2. The molecule has 9 nitrogen and oxygen atoms in total. The van der Waals surface area contributed by atoms with Crippen LogP contribution in [0.5, 0.6) is 0 Å². The molecule has 0 radical (unpaired) electrons. The normalized spacial score (nSPS) is 14.6. The predicted molar refractivity (Wildman–Crippen MR) is 137 cm³/mol. The standard InChI is InChI=1S/C27H16N2O7S2.2Na/c1-12-2-7-20-24(25(12)38(34,35)36)37-26(29-20)14-5-8-18-13(10-14)4-9-19(28-18)21-22(30)16-6-3-15(27(32)33)11-17(16)23(21)31;;/h2-11,21H,1H3,(H,32,33)(H,34,35,36);;/q;2*+1/p-1. The number of hydrogen-bond donors (Lipinski definition) is 1. The van der Waals surface area contributed by atoms with Crippen LogP contribution in [-0.2, 0) is 10.1 Å². The fourth-order valence-electron chi connectivity index (χ4n) is 4.73. The number of hydrogen-bond acceptors (Lipinski definition) is 9. The summed E-state index contributed by atoms with van der Waals surface area (Å²) in [6.45, 7) is 1.60. The Morgan fingerprint density at radius 1 is 0.900 bits per heavy atom. The van der Waals surface area contributed by atoms with E-state index in [0.29, 0.717) is 37.3 Å². The summed E-state index contributed by atoms with van der Waals surface area (Å²) in [5, 5.41) is 12.4. The molecule has 5 aromatic rings. The molecule has 0 bridgehead atoms. The monoisotopic (exact) mass is 589 g/mol. The van der Waals surface area contributed by atoms with Crippen LogP contribution in [0.25, 0.3) is 31.7 Å². The molecule has 188 valence electrons. The number of rotatable bonds is 4. The molecule has 0 saturated heterocycles. The zero-order chi connectivity index (χ0) is 26.9. The van der Waals surface area contributed by atoms with E-state index in [9.17, 15) is 32.5 Å². The molecule has 2 aromatic heterocycles. The third kappa shape index (κ3) is 5.11. The maximum Gasteiger partial charge on any atom is 1.00 e. The van der Waals surface area contributed by atoms with Gasteiger partial charge in [0.05, 0.1) is 27.4 Å². The number of thiazole rings is 1. The number of carbonyl (C=O) groups excluding carboxylic acids is 3. The van der Waals surface area contributed by atoms with Crippen LogP contribution in [0.4, 0.5) is 0 Å². The van der Waals surface area contributed by atoms with Gasteiger partial charge in [-0.3, -0.25) is 19.1 Å². The number of aromatic nitrogens is 2. The molecule has 1 atom stereocenters. The Bertz CT molecular complexity index is 2010. The van der Waals surface area contributed by atoms with E-state index >= 15 is 0 Å². The van der Waals surface area contributed by atoms with Crippen LogP contribution >= 0.6 is 11.3 Å². The van der Waals surface area contributed by atoms with Gasteiger partial charge in [-0.1, -0.05) is 18.2 Å². The molecule has 6 rings (SSSR count). The Hall–Kier alpha value is -2.32. The number of fused-ring (bicyclic) bond motifs is 3. The number of aromatic carboxylic acids is 1. The summed E-state index contributed by atoms with van der Waals surface area (Å²) in [6.07, 6.45) is 0. The van der Waals surface area contributed by atoms with E-state index in [1.54, 1.807) is 43.3 Å². The quantitative estimate of drug-likeness (QED) is 0.137. The number of carboxylic acid groups (broad SMARTS) is 1. The van der Waals surface area contributed by atoms with Gasteiger partial charge in [-0.2, -0.15) is 8.42 Å². The van der Waals surface area contributed by atoms with Crippen molar-refractivity contribution >= 4 is 60.1 Å². The van der Waals surface area contributed by atoms with Crippen LogP contribution in [0, 0.1) is 6.92 Å². The van der Waals surface area contributed by atoms with Crippen LogP contribution in [0.15, 0.2) is 65.6 Å². The maximum absolute atomic E-state index is 13.0. The van der Waals surface area contributed by atoms with E-state index in [2.05, 4.69) is 9.97 Å². The largest absolute Gasteiger partial charge is 1.00 e. The Morgan fingerprint density at radius 2 is 1.60 bits per heavy atom. The van der Waals surface area contributed by atoms with E-state index in [-0.39, 0.29) is 86.4 Å². The average molecular weight is 590 g/mol. The first kappa shape index (κ1) is 30.6. The van der Waals surface area contributed by atoms with Crippen molar-refractivity contribution in [3.63, 3.8) is 0 Å². The van der Waals surface area contributed by atoms with Gasteiger partial charge in [0.1, 0.15) is 15.8 Å². The Labute approximate surface area is 276 Å². The van der Waals surface area contributed by atoms with Gasteiger partial charge in [0.25, 0.3) is 10.1 Å². The van der Waals surface area contributed by atoms with E-state index in [1.165, 1.54) is 12.1 Å². The van der Waals surface area contributed by atoms with Crippen LogP contribution in [-0.4, -0.2) is 40.5 Å². The van der Waals surface area contributed by atoms with Crippen molar-refractivity contribution in [3.05, 3.63) is 88.6 Å². The zero-order valence-electron chi connectivity index (χ0n) is 21.5. The second kappa shape index (κ2) is 11.2. The number of carbonyl (C=O) groups is 3. The van der Waals surface area contributed by atoms with Gasteiger partial charge in [0.15, 0.2) is 11.6 Å². The molecule has 0 amide bonds. The summed E-state index contributed by atoms with van der Waals surface area (Å²) in [5.41, 5.74) is 2.33. The molecular weight excluding hydrogens is 574 g/mol. The summed E-state index contributed by atoms with van der Waals surface area (Å²) < 4.78 is 33.9. The minimum absolute atomic E-state index is 0. The van der Waals surface area contributed by atoms with E-state index in [4.69, 9.17) is 0 Å². The van der Waals surface area contributed by atoms with Crippen molar-refractivity contribution in [2.75, 3.05) is 0 Å². The van der Waals surface area contributed by atoms with Crippen LogP contribution in [0.2, 0.25) is 0 Å². The van der Waals surface area contributed by atoms with Crippen LogP contribution < -0.4 is 64.2 Å². The third-order valence-electron chi connectivity index (χ3n) is 6.53. The fourth-order valence-corrected chi connectivity index (χ4v) is 7.04. The van der Waals surface area contributed by atoms with Gasteiger partial charge in [-0.15, -0.1) is 11.3 Å². The molecule has 1 unspecified atom stereocenters. The molecule has 2 heterocycles. The van der Waals surface area contributed by atoms with Crippen LogP contribution in [0.3, 0.4) is 0 Å². The Morgan fingerprint density at radius 3 is 2.30 bits per heavy atom. The van der Waals surface area contributed by atoms with Gasteiger partial charge in [0.2, 0.25) is 0 Å². The molecule has 0 spiro atoms. The zero-order valence-corrected chi connectivity index (χ0v) is 27.1. The molecule has 0 saturated carbocycles. The maximum atomic E-state index is 13.0. The van der Waals surface area contributed by atoms with Crippen molar-refractivity contribution in [1.82, 2.24) is 9.97 Å². The molecular formula is C27H15N2Na2O7S2+. The smallest absolute Gasteiger partial charge is 0.545 e. The molecule has 1 aliphatic rings. The Kier molecular flexibility index (Phi) is 8.55. The second-order valence-electron chi connectivity index (χ2n) is 8.91. The summed E-state index contributed by atoms with van der Waals surface area (Å²) in [4.78, 5) is 46.1. The van der Waals surface area contributed by atoms with Gasteiger partial charge in [-0.25, -0.2) is 4.98 Å². The first-order chi connectivity index (χ1) is 18.0. The van der Waals surface area contributed by atoms with Crippen molar-refractivity contribution in [2.24, 2.45) is 0 Å². The van der Waals surface area contributed by atoms with E-state index < -0.39 is 33.6 Å². The number of nitrogens with zero attached hydrogens (tertiary/aromatic N) is 2. The van der Waals surface area contributed by atoms with Crippen molar-refractivity contribution in [1.29, 1.82) is 0 Å². The number of benzene rings is 3. The summed E-state index contributed by atoms with van der Waals surface area (Å²) in [6, 6.07) is 15.6. The van der Waals surface area contributed by atoms with Gasteiger partial charge in [0, 0.05) is 22.1 Å². The van der Waals surface area contributed by atoms with Crippen molar-refractivity contribution < 1.29 is 91.6 Å². The molecule has 0 fully saturated rings. The van der Waals surface area contributed by atoms with Gasteiger partial charge < -0.3 is 9.90 Å². The molecule has 3 aromatic carbocycles. The third-order valence-corrected chi connectivity index (χ3v) is 8.84. The molecule has 40 heavy (non-hydrogen) atoms. The van der Waals surface area contributed by atoms with Crippen molar-refractivity contribution in [3.8, 4) is 10.6 Å². The second-order valence-corrected chi connectivity index (χ2v) is 11.3. The van der Waals surface area contributed by atoms with Gasteiger partial charge in [-0.05, 0) is 60.5 Å². The number of carboxylic acids is 1. The number of pyridine rings is 1. The summed E-state index contributed by atoms with van der Waals surface area (Å²) in [7, 11) is -4.44. The summed E-state index contributed by atoms with van der Waals surface area (Å²) in [5.74, 6) is -3.57. The molecule has 1 N–H and O–H groups in total. The first-order valence-electron chi connectivity index (χ1n) is 11.3. The van der Waals surface area contributed by atoms with E-state index in [1.807, 2.05) is 6.07 Å². The minimum Gasteiger partial charge on any atom is -0.545 e. The molecule has 13 heteroatoms.